The fourth-order valence-corrected chi connectivity index (χ4v) is 15.5. The first-order valence-corrected chi connectivity index (χ1v) is 38.7. The number of nitrogens with zero attached hydrogens (tertiary/aromatic N) is 10. The fraction of sp³-hybridized carbons (Fsp3) is 0.360. The van der Waals surface area contributed by atoms with Crippen molar-refractivity contribution in [2.75, 3.05) is 96.1 Å². The summed E-state index contributed by atoms with van der Waals surface area (Å²) >= 11 is 0. The molecule has 6 saturated heterocycles. The largest absolute Gasteiger partial charge is 0.457 e. The minimum atomic E-state index is -0.503. The van der Waals surface area contributed by atoms with E-state index in [1.165, 1.54) is 19.0 Å². The summed E-state index contributed by atoms with van der Waals surface area (Å²) in [5.41, 5.74) is 26.7. The summed E-state index contributed by atoms with van der Waals surface area (Å²) < 4.78 is 67.0. The quantitative estimate of drug-likeness (QED) is 0.0637. The lowest BCUT2D eigenvalue weighted by atomic mass is 9.96. The van der Waals surface area contributed by atoms with E-state index in [0.717, 1.165) is 166 Å². The van der Waals surface area contributed by atoms with Crippen LogP contribution in [-0.2, 0) is 33.2 Å². The Hall–Kier alpha value is -11.1. The number of ether oxygens (including phenoxy) is 10. The van der Waals surface area contributed by atoms with Gasteiger partial charge in [-0.2, -0.15) is 0 Å². The highest BCUT2D eigenvalue weighted by atomic mass is 16.7. The van der Waals surface area contributed by atoms with Crippen LogP contribution in [0.3, 0.4) is 0 Å². The molecular weight excluding hydrogens is 1420 g/mol. The zero-order valence-electron chi connectivity index (χ0n) is 63.2. The SMILES string of the molecule is CC(C)(C)OC(=O)N1CCC(C2OCC(n3cc(-c4ccc(Oc5ccccc5)cc4)c4c(N)ncnc43)CO2)CC1.Nc1ncnc2c1c(-c1ccc(Oc3ccccc3)cc1)cn2C1COC(C2CCNCC2)OC1.Nc1ncnc2c1c(-c1ccc(Oc3ccccc3)cc1)cn2C1COC(C2CCNCC2)OC1. The third-order valence-corrected chi connectivity index (χ3v) is 21.4. The molecule has 18 rings (SSSR count). The molecule has 6 aromatic carbocycles. The van der Waals surface area contributed by atoms with E-state index in [0.29, 0.717) is 82.0 Å². The van der Waals surface area contributed by atoms with Crippen LogP contribution in [0.15, 0.2) is 201 Å². The molecule has 0 spiro atoms. The van der Waals surface area contributed by atoms with Gasteiger partial charge in [-0.05, 0) is 175 Å². The number of hydrogen-bond acceptors (Lipinski definition) is 22. The highest BCUT2D eigenvalue weighted by Gasteiger charge is 2.38. The van der Waals surface area contributed by atoms with Crippen LogP contribution in [0.1, 0.15) is 77.4 Å². The molecule has 6 fully saturated rings. The number of fused-ring (bicyclic) bond motifs is 3. The standard InChI is InChI=1S/C32H37N5O5.2C27H29N5O3/c1-32(2,3)42-31(38)36-15-13-22(14-16-36)30-39-18-23(19-40-30)37-17-26(27-28(33)34-20-35-29(27)37)21-9-11-25(12-10-21)41-24-7-5-4-6-8-24;2*28-25-24-23(18-6-8-22(9-7-18)35-21-4-2-1-3-5-21)14-32(26(24)31-17-30-25)20-15-33-27(34-16-20)19-10-12-29-13-11-19/h4-12,17,20,22-23,30H,13-16,18-19H2,1-3H3,(H2,33,34,35);2*1-9,14,17,19-20,27,29H,10-13,15-16H2,(H2,28,30,31). The van der Waals surface area contributed by atoms with Crippen LogP contribution < -0.4 is 42.0 Å². The van der Waals surface area contributed by atoms with E-state index in [9.17, 15) is 4.79 Å². The minimum absolute atomic E-state index is 0.0132. The first-order valence-electron chi connectivity index (χ1n) is 38.7. The molecular formula is C86H95N15O11. The van der Waals surface area contributed by atoms with Gasteiger partial charge in [-0.25, -0.2) is 34.7 Å². The molecule has 6 aliphatic heterocycles. The third kappa shape index (κ3) is 17.3. The van der Waals surface area contributed by atoms with Gasteiger partial charge in [0.2, 0.25) is 0 Å². The second-order valence-electron chi connectivity index (χ2n) is 30.1. The predicted molar refractivity (Wildman–Crippen MR) is 428 cm³/mol. The Morgan fingerprint density at radius 2 is 0.661 bits per heavy atom. The normalized spacial score (nSPS) is 20.8. The molecule has 6 aromatic heterocycles. The number of anilines is 3. The number of nitrogens with one attached hydrogen (secondary N) is 2. The van der Waals surface area contributed by atoms with Gasteiger partial charge in [-0.15, -0.1) is 0 Å². The molecule has 0 unspecified atom stereocenters. The van der Waals surface area contributed by atoms with Gasteiger partial charge in [0.15, 0.2) is 18.9 Å². The second kappa shape index (κ2) is 34.3. The molecule has 0 saturated carbocycles. The first kappa shape index (κ1) is 75.0. The van der Waals surface area contributed by atoms with Crippen LogP contribution in [0.2, 0.25) is 0 Å². The number of likely N-dealkylation sites (tertiary alicyclic amines) is 1. The molecule has 0 bridgehead atoms. The number of nitrogens with two attached hydrogens (primary N) is 3. The summed E-state index contributed by atoms with van der Waals surface area (Å²) in [5, 5.41) is 9.27. The van der Waals surface area contributed by atoms with Crippen LogP contribution in [0.5, 0.6) is 34.5 Å². The van der Waals surface area contributed by atoms with Crippen molar-refractivity contribution >= 4 is 56.6 Å². The van der Waals surface area contributed by atoms with Crippen molar-refractivity contribution in [1.29, 1.82) is 0 Å². The van der Waals surface area contributed by atoms with Crippen LogP contribution in [0.4, 0.5) is 22.2 Å². The van der Waals surface area contributed by atoms with Crippen molar-refractivity contribution in [2.24, 2.45) is 17.8 Å². The zero-order chi connectivity index (χ0) is 76.5. The average molecular weight is 1510 g/mol. The number of amides is 1. The van der Waals surface area contributed by atoms with Gasteiger partial charge in [0.05, 0.1) is 73.9 Å². The number of hydrogen-bond donors (Lipinski definition) is 5. The Bertz CT molecular complexity index is 4880. The Morgan fingerprint density at radius 3 is 0.946 bits per heavy atom. The number of carbonyl (C=O) groups excluding carboxylic acids is 1. The maximum absolute atomic E-state index is 12.4. The van der Waals surface area contributed by atoms with E-state index in [4.69, 9.17) is 64.6 Å². The van der Waals surface area contributed by atoms with Crippen molar-refractivity contribution in [3.8, 4) is 67.9 Å². The van der Waals surface area contributed by atoms with Crippen LogP contribution in [-0.4, -0.2) is 158 Å². The lowest BCUT2D eigenvalue weighted by Gasteiger charge is -2.39. The summed E-state index contributed by atoms with van der Waals surface area (Å²) in [6.45, 7) is 14.3. The molecule has 0 aliphatic carbocycles. The molecule has 12 aromatic rings. The van der Waals surface area contributed by atoms with E-state index in [2.05, 4.69) is 72.8 Å². The van der Waals surface area contributed by atoms with Gasteiger partial charge in [-0.3, -0.25) is 0 Å². The molecule has 0 atom stereocenters. The smallest absolute Gasteiger partial charge is 0.410 e. The Labute approximate surface area is 649 Å². The third-order valence-electron chi connectivity index (χ3n) is 21.4. The number of nitrogen functional groups attached to an aromatic ring is 3. The molecule has 1 amide bonds. The first-order chi connectivity index (χ1) is 54.8. The molecule has 6 aliphatic rings. The number of piperidine rings is 3. The van der Waals surface area contributed by atoms with Gasteiger partial charge >= 0.3 is 6.09 Å². The van der Waals surface area contributed by atoms with Crippen molar-refractivity contribution in [3.05, 3.63) is 201 Å². The number of rotatable bonds is 15. The van der Waals surface area contributed by atoms with E-state index >= 15 is 0 Å². The molecule has 26 nitrogen and oxygen atoms in total. The van der Waals surface area contributed by atoms with Gasteiger partial charge in [-0.1, -0.05) is 91.0 Å². The Kier molecular flexibility index (Phi) is 22.9. The van der Waals surface area contributed by atoms with Crippen molar-refractivity contribution in [1.82, 2.24) is 59.1 Å². The monoisotopic (exact) mass is 1510 g/mol. The summed E-state index contributed by atoms with van der Waals surface area (Å²) in [6.07, 6.45) is 15.8. The predicted octanol–water partition coefficient (Wildman–Crippen LogP) is 14.8. The molecule has 112 heavy (non-hydrogen) atoms. The van der Waals surface area contributed by atoms with E-state index in [1.807, 2.05) is 185 Å². The lowest BCUT2D eigenvalue weighted by molar-refractivity contribution is -0.225. The van der Waals surface area contributed by atoms with Crippen molar-refractivity contribution in [2.45, 2.75) is 102 Å². The van der Waals surface area contributed by atoms with Crippen LogP contribution in [0.25, 0.3) is 66.5 Å². The summed E-state index contributed by atoms with van der Waals surface area (Å²) in [7, 11) is 0. The molecule has 12 heterocycles. The van der Waals surface area contributed by atoms with E-state index < -0.39 is 5.60 Å². The summed E-state index contributed by atoms with van der Waals surface area (Å²) in [4.78, 5) is 40.7. The molecule has 8 N–H and O–H groups in total. The number of benzene rings is 6. The van der Waals surface area contributed by atoms with Crippen LogP contribution >= 0.6 is 0 Å². The summed E-state index contributed by atoms with van der Waals surface area (Å²) in [6, 6.07) is 53.0. The van der Waals surface area contributed by atoms with Crippen molar-refractivity contribution in [3.63, 3.8) is 0 Å². The van der Waals surface area contributed by atoms with Gasteiger partial charge in [0, 0.05) is 66.1 Å². The molecule has 0 radical (unpaired) electrons. The highest BCUT2D eigenvalue weighted by molar-refractivity contribution is 6.03. The van der Waals surface area contributed by atoms with Crippen molar-refractivity contribution < 1.29 is 52.2 Å². The lowest BCUT2D eigenvalue weighted by Crippen LogP contribution is -2.46. The Balaban J connectivity index is 0.000000128. The van der Waals surface area contributed by atoms with E-state index in [1.54, 1.807) is 4.90 Å². The Morgan fingerprint density at radius 1 is 0.384 bits per heavy atom. The van der Waals surface area contributed by atoms with Gasteiger partial charge in [0.25, 0.3) is 0 Å². The molecule has 580 valence electrons. The summed E-state index contributed by atoms with van der Waals surface area (Å²) in [5.74, 6) is 7.12. The number of carbonyl (C=O) groups is 1. The van der Waals surface area contributed by atoms with Gasteiger partial charge < -0.3 is 93.8 Å². The molecule has 26 heteroatoms. The maximum Gasteiger partial charge on any atom is 0.410 e. The zero-order valence-corrected chi connectivity index (χ0v) is 63.2. The van der Waals surface area contributed by atoms with Crippen LogP contribution in [0, 0.1) is 17.8 Å². The topological polar surface area (TPSA) is 307 Å². The highest BCUT2D eigenvalue weighted by Crippen LogP contribution is 2.42. The fourth-order valence-electron chi connectivity index (χ4n) is 15.5. The number of aromatic nitrogens is 9. The maximum atomic E-state index is 12.4. The average Bonchev–Trinajstić information content (AvgIpc) is 1.62. The minimum Gasteiger partial charge on any atom is -0.457 e. The second-order valence-corrected chi connectivity index (χ2v) is 30.1. The van der Waals surface area contributed by atoms with E-state index in [-0.39, 0.29) is 49.0 Å². The number of para-hydroxylation sites is 3. The van der Waals surface area contributed by atoms with Gasteiger partial charge in [0.1, 0.15) is 93.5 Å².